The fraction of sp³-hybridized carbons (Fsp3) is 0.175. The highest BCUT2D eigenvalue weighted by molar-refractivity contribution is 5.92. The zero-order valence-electron chi connectivity index (χ0n) is 38.7. The van der Waals surface area contributed by atoms with Crippen molar-refractivity contribution in [1.29, 1.82) is 0 Å². The van der Waals surface area contributed by atoms with Crippen LogP contribution >= 0.6 is 0 Å². The Labute approximate surface area is 410 Å². The van der Waals surface area contributed by atoms with E-state index in [1.165, 1.54) is 43.3 Å². The first-order chi connectivity index (χ1) is 34.6. The van der Waals surface area contributed by atoms with E-state index in [9.17, 15) is 24.0 Å². The highest BCUT2D eigenvalue weighted by Crippen LogP contribution is 2.36. The number of rotatable bonds is 17. The number of carbonyl (C=O) groups excluding carboxylic acids is 5. The number of ether oxygens (including phenoxy) is 8. The van der Waals surface area contributed by atoms with Gasteiger partial charge in [-0.3, -0.25) is 5.32 Å². The maximum atomic E-state index is 14.3. The van der Waals surface area contributed by atoms with E-state index in [4.69, 9.17) is 37.9 Å². The van der Waals surface area contributed by atoms with Crippen LogP contribution in [0.4, 0.5) is 10.5 Å². The van der Waals surface area contributed by atoms with Gasteiger partial charge in [-0.15, -0.1) is 0 Å². The molecule has 1 aliphatic heterocycles. The van der Waals surface area contributed by atoms with Crippen molar-refractivity contribution < 1.29 is 61.9 Å². The van der Waals surface area contributed by atoms with Gasteiger partial charge in [0.05, 0.1) is 29.4 Å². The van der Waals surface area contributed by atoms with Gasteiger partial charge >= 0.3 is 30.0 Å². The highest BCUT2D eigenvalue weighted by Gasteiger charge is 2.56. The molecule has 0 spiro atoms. The fourth-order valence-electron chi connectivity index (χ4n) is 7.73. The van der Waals surface area contributed by atoms with E-state index in [0.717, 1.165) is 11.1 Å². The lowest BCUT2D eigenvalue weighted by Crippen LogP contribution is -2.65. The number of hydrogen-bond acceptors (Lipinski definition) is 13. The lowest BCUT2D eigenvalue weighted by Gasteiger charge is -2.45. The van der Waals surface area contributed by atoms with Crippen molar-refractivity contribution in [3.05, 3.63) is 233 Å². The van der Waals surface area contributed by atoms with Crippen LogP contribution in [-0.2, 0) is 41.4 Å². The monoisotopic (exact) mass is 955 g/mol. The van der Waals surface area contributed by atoms with Crippen molar-refractivity contribution in [2.24, 2.45) is 0 Å². The summed E-state index contributed by atoms with van der Waals surface area (Å²) in [5, 5.41) is 2.75. The third-order valence-corrected chi connectivity index (χ3v) is 11.4. The van der Waals surface area contributed by atoms with Crippen molar-refractivity contribution in [2.45, 2.75) is 56.8 Å². The number of benzene rings is 7. The van der Waals surface area contributed by atoms with Crippen molar-refractivity contribution >= 4 is 35.7 Å². The summed E-state index contributed by atoms with van der Waals surface area (Å²) in [5.74, 6) is -2.54. The summed E-state index contributed by atoms with van der Waals surface area (Å²) in [5.41, 5.74) is 3.07. The fourth-order valence-corrected chi connectivity index (χ4v) is 7.73. The van der Waals surface area contributed by atoms with Gasteiger partial charge in [-0.2, -0.15) is 0 Å². The number of methoxy groups -OCH3 is 1. The first kappa shape index (κ1) is 48.7. The topological polar surface area (TPSA) is 171 Å². The summed E-state index contributed by atoms with van der Waals surface area (Å²) in [6.45, 7) is 1.53. The molecule has 0 radical (unpaired) electrons. The molecular formula is C57H49NO13. The van der Waals surface area contributed by atoms with Crippen molar-refractivity contribution in [1.82, 2.24) is 0 Å². The van der Waals surface area contributed by atoms with E-state index in [-0.39, 0.29) is 46.7 Å². The number of esters is 4. The van der Waals surface area contributed by atoms with Crippen LogP contribution in [0.1, 0.15) is 65.0 Å². The Balaban J connectivity index is 1.23. The number of carbonyl (C=O) groups is 5. The lowest BCUT2D eigenvalue weighted by atomic mass is 9.94. The minimum atomic E-state index is -1.70. The number of hydrogen-bond donors (Lipinski definition) is 1. The average Bonchev–Trinajstić information content (AvgIpc) is 3.41. The summed E-state index contributed by atoms with van der Waals surface area (Å²) in [4.78, 5) is 69.6. The molecule has 1 saturated heterocycles. The van der Waals surface area contributed by atoms with Crippen LogP contribution in [-0.4, -0.2) is 73.9 Å². The number of amides is 1. The predicted octanol–water partition coefficient (Wildman–Crippen LogP) is 10.1. The Morgan fingerprint density at radius 2 is 1.01 bits per heavy atom. The second kappa shape index (κ2) is 23.5. The minimum absolute atomic E-state index is 0.00345. The van der Waals surface area contributed by atoms with E-state index < -0.39 is 66.8 Å². The highest BCUT2D eigenvalue weighted by atomic mass is 16.7. The van der Waals surface area contributed by atoms with E-state index in [0.29, 0.717) is 11.3 Å². The summed E-state index contributed by atoms with van der Waals surface area (Å²) in [6.07, 6.45) is -9.89. The van der Waals surface area contributed by atoms with Crippen molar-refractivity contribution in [2.75, 3.05) is 12.4 Å². The normalized spacial score (nSPS) is 17.6. The third-order valence-electron chi connectivity index (χ3n) is 11.4. The van der Waals surface area contributed by atoms with Crippen LogP contribution < -0.4 is 14.8 Å². The molecule has 14 nitrogen and oxygen atoms in total. The summed E-state index contributed by atoms with van der Waals surface area (Å²) in [6, 6.07) is 54.0. The summed E-state index contributed by atoms with van der Waals surface area (Å²) in [7, 11) is 1.57. The number of anilines is 1. The zero-order valence-corrected chi connectivity index (χ0v) is 38.7. The molecule has 6 atom stereocenters. The third kappa shape index (κ3) is 12.9. The molecule has 0 aliphatic carbocycles. The van der Waals surface area contributed by atoms with Crippen LogP contribution in [0.25, 0.3) is 0 Å². The Morgan fingerprint density at radius 1 is 0.535 bits per heavy atom. The molecule has 14 heteroatoms. The Hall–Kier alpha value is -8.75. The van der Waals surface area contributed by atoms with E-state index in [2.05, 4.69) is 5.32 Å². The van der Waals surface area contributed by atoms with E-state index in [1.54, 1.807) is 110 Å². The van der Waals surface area contributed by atoms with E-state index in [1.807, 2.05) is 54.6 Å². The van der Waals surface area contributed by atoms with Gasteiger partial charge in [-0.25, -0.2) is 24.0 Å². The van der Waals surface area contributed by atoms with Crippen LogP contribution in [0.15, 0.2) is 194 Å². The molecule has 1 fully saturated rings. The molecule has 8 rings (SSSR count). The largest absolute Gasteiger partial charge is 0.497 e. The van der Waals surface area contributed by atoms with Gasteiger partial charge in [0.25, 0.3) is 0 Å². The quantitative estimate of drug-likeness (QED) is 0.0676. The zero-order chi connectivity index (χ0) is 49.5. The molecule has 1 amide bonds. The lowest BCUT2D eigenvalue weighted by molar-refractivity contribution is -0.284. The first-order valence-electron chi connectivity index (χ1n) is 22.7. The van der Waals surface area contributed by atoms with Gasteiger partial charge < -0.3 is 37.9 Å². The average molecular weight is 956 g/mol. The van der Waals surface area contributed by atoms with Crippen LogP contribution in [0.3, 0.4) is 0 Å². The smallest absolute Gasteiger partial charge is 0.411 e. The maximum Gasteiger partial charge on any atom is 0.411 e. The van der Waals surface area contributed by atoms with Crippen molar-refractivity contribution in [3.8, 4) is 11.5 Å². The SMILES string of the molecule is COc1ccc(Cc2ccc(NC(=O)OCc3ccccc3)cc2O[C@@H]2O[C@H]([C@H](C)OC(=O)c3ccccc3)[C@@H](OC(=O)c3ccccc3)[C@H](OC(=O)c3ccccc3)[C@H]2OC(=O)c2ccccc2)cc1. The number of nitrogens with one attached hydrogen (secondary N) is 1. The summed E-state index contributed by atoms with van der Waals surface area (Å²) < 4.78 is 49.4. The first-order valence-corrected chi connectivity index (χ1v) is 22.7. The Kier molecular flexibility index (Phi) is 16.1. The minimum Gasteiger partial charge on any atom is -0.497 e. The molecule has 0 bridgehead atoms. The second-order valence-corrected chi connectivity index (χ2v) is 16.3. The second-order valence-electron chi connectivity index (χ2n) is 16.3. The molecular weight excluding hydrogens is 907 g/mol. The maximum absolute atomic E-state index is 14.3. The van der Waals surface area contributed by atoms with Crippen LogP contribution in [0.5, 0.6) is 11.5 Å². The molecule has 0 unspecified atom stereocenters. The molecule has 0 aromatic heterocycles. The molecule has 7 aromatic carbocycles. The molecule has 1 aliphatic rings. The molecule has 71 heavy (non-hydrogen) atoms. The van der Waals surface area contributed by atoms with Gasteiger partial charge in [0.2, 0.25) is 12.4 Å². The Morgan fingerprint density at radius 3 is 1.54 bits per heavy atom. The van der Waals surface area contributed by atoms with Crippen LogP contribution in [0, 0.1) is 0 Å². The molecule has 360 valence electrons. The van der Waals surface area contributed by atoms with Gasteiger partial charge in [-0.1, -0.05) is 121 Å². The molecule has 1 N–H and O–H groups in total. The summed E-state index contributed by atoms with van der Waals surface area (Å²) >= 11 is 0. The van der Waals surface area contributed by atoms with E-state index >= 15 is 0 Å². The van der Waals surface area contributed by atoms with Gasteiger partial charge in [-0.05, 0) is 90.3 Å². The standard InChI is InChI=1S/C57H49NO13/c1-37(66-52(59)40-20-10-4-11-21-40)48-49(68-53(60)41-22-12-5-13-23-41)50(69-54(61)42-24-14-6-15-25-42)51(70-55(62)43-26-16-7-17-27-43)56(71-48)67-47-35-45(58-57(63)65-36-39-18-8-3-9-19-39)31-30-44(47)34-38-28-32-46(64-2)33-29-38/h3-33,35,37,48-51,56H,34,36H2,1-2H3,(H,58,63)/t37-,48+,49+,50-,51+,56+/m0/s1. The van der Waals surface area contributed by atoms with Gasteiger partial charge in [0, 0.05) is 18.2 Å². The van der Waals surface area contributed by atoms with Gasteiger partial charge in [0.15, 0.2) is 12.2 Å². The molecule has 0 saturated carbocycles. The molecule has 1 heterocycles. The van der Waals surface area contributed by atoms with Gasteiger partial charge in [0.1, 0.15) is 30.3 Å². The van der Waals surface area contributed by atoms with Crippen LogP contribution in [0.2, 0.25) is 0 Å². The van der Waals surface area contributed by atoms with Crippen molar-refractivity contribution in [3.63, 3.8) is 0 Å². The predicted molar refractivity (Wildman–Crippen MR) is 260 cm³/mol. The Bertz CT molecular complexity index is 2890. The molecule has 7 aromatic rings.